The largest absolute Gasteiger partial charge is 0.466 e. The van der Waals surface area contributed by atoms with E-state index >= 15 is 0 Å². The fourth-order valence-corrected chi connectivity index (χ4v) is 4.40. The lowest BCUT2D eigenvalue weighted by Gasteiger charge is -2.31. The predicted octanol–water partition coefficient (Wildman–Crippen LogP) is 3.29. The van der Waals surface area contributed by atoms with Gasteiger partial charge in [0.15, 0.2) is 0 Å². The van der Waals surface area contributed by atoms with Gasteiger partial charge in [0.05, 0.1) is 18.1 Å². The lowest BCUT2D eigenvalue weighted by atomic mass is 9.72. The van der Waals surface area contributed by atoms with E-state index < -0.39 is 0 Å². The maximum atomic E-state index is 13.0. The maximum absolute atomic E-state index is 13.0. The number of carbonyl (C=O) groups is 2. The Kier molecular flexibility index (Phi) is 5.79. The number of ether oxygens (including phenoxy) is 1. The van der Waals surface area contributed by atoms with Crippen molar-refractivity contribution in [2.24, 2.45) is 23.7 Å². The summed E-state index contributed by atoms with van der Waals surface area (Å²) in [4.78, 5) is 35.9. The highest BCUT2D eigenvalue weighted by Crippen LogP contribution is 2.40. The molecule has 2 aliphatic rings. The number of allylic oxidation sites excluding steroid dienone is 1. The zero-order valence-corrected chi connectivity index (χ0v) is 17.2. The van der Waals surface area contributed by atoms with Gasteiger partial charge >= 0.3 is 5.97 Å². The summed E-state index contributed by atoms with van der Waals surface area (Å²) < 4.78 is 5.30. The molecule has 0 bridgehead atoms. The van der Waals surface area contributed by atoms with Crippen LogP contribution in [0.3, 0.4) is 0 Å². The first-order valence-corrected chi connectivity index (χ1v) is 10.3. The number of benzene rings is 1. The summed E-state index contributed by atoms with van der Waals surface area (Å²) in [5.41, 5.74) is 1.32. The Balaban J connectivity index is 1.44. The summed E-state index contributed by atoms with van der Waals surface area (Å²) in [6.45, 7) is 5.34. The van der Waals surface area contributed by atoms with Crippen molar-refractivity contribution < 1.29 is 14.3 Å². The van der Waals surface area contributed by atoms with E-state index in [1.165, 1.54) is 0 Å². The molecule has 7 nitrogen and oxygen atoms in total. The molecule has 1 amide bonds. The smallest absolute Gasteiger partial charge is 0.309 e. The number of hydrogen-bond donors (Lipinski definition) is 1. The number of nitrogens with zero attached hydrogens (tertiary/aromatic N) is 3. The van der Waals surface area contributed by atoms with Crippen molar-refractivity contribution in [2.45, 2.75) is 13.8 Å². The number of hydrogen-bond acceptors (Lipinski definition) is 6. The second-order valence-corrected chi connectivity index (χ2v) is 7.85. The fourth-order valence-electron chi connectivity index (χ4n) is 4.40. The Bertz CT molecular complexity index is 929. The minimum Gasteiger partial charge on any atom is -0.466 e. The van der Waals surface area contributed by atoms with Crippen LogP contribution in [0, 0.1) is 23.7 Å². The van der Waals surface area contributed by atoms with Crippen molar-refractivity contribution in [2.75, 3.05) is 25.0 Å². The quantitative estimate of drug-likeness (QED) is 0.606. The van der Waals surface area contributed by atoms with E-state index in [-0.39, 0.29) is 35.5 Å². The zero-order chi connectivity index (χ0) is 21.1. The van der Waals surface area contributed by atoms with Crippen LogP contribution >= 0.6 is 0 Å². The molecule has 0 unspecified atom stereocenters. The summed E-state index contributed by atoms with van der Waals surface area (Å²) in [6.07, 6.45) is 7.30. The molecular formula is C23H26N4O3. The van der Waals surface area contributed by atoms with Crippen LogP contribution in [0.2, 0.25) is 0 Å². The number of amides is 1. The average Bonchev–Trinajstić information content (AvgIpc) is 3.18. The number of esters is 1. The molecule has 1 aliphatic carbocycles. The van der Waals surface area contributed by atoms with Crippen molar-refractivity contribution in [3.05, 3.63) is 60.4 Å². The minimum atomic E-state index is -0.216. The van der Waals surface area contributed by atoms with Crippen LogP contribution in [0.15, 0.2) is 54.9 Å². The molecule has 1 N–H and O–H groups in total. The standard InChI is InChI=1S/C23H26N4O3/c1-3-30-22(29)20-15(2)9-10-16-13-27(14-19(16)20)21(28)17-11-24-23(25-12-17)26-18-7-5-4-6-8-18/h4-12,15-16,19-20H,3,13-14H2,1-2H3,(H,24,25,26)/t15-,16-,19-,20-/m0/s1. The third kappa shape index (κ3) is 4.06. The molecule has 30 heavy (non-hydrogen) atoms. The SMILES string of the molecule is CCOC(=O)[C@@H]1[C@H]2CN(C(=O)c3cnc(Nc4ccccc4)nc3)C[C@@H]2C=C[C@@H]1C. The molecule has 2 aromatic rings. The second kappa shape index (κ2) is 8.65. The monoisotopic (exact) mass is 406 g/mol. The topological polar surface area (TPSA) is 84.4 Å². The van der Waals surface area contributed by atoms with Crippen molar-refractivity contribution in [3.63, 3.8) is 0 Å². The molecular weight excluding hydrogens is 380 g/mol. The van der Waals surface area contributed by atoms with Crippen LogP contribution in [0.25, 0.3) is 0 Å². The van der Waals surface area contributed by atoms with Gasteiger partial charge in [0.1, 0.15) is 0 Å². The molecule has 0 radical (unpaired) electrons. The normalized spacial score (nSPS) is 24.9. The molecule has 1 aromatic carbocycles. The molecule has 7 heteroatoms. The van der Waals surface area contributed by atoms with E-state index in [0.29, 0.717) is 31.2 Å². The second-order valence-electron chi connectivity index (χ2n) is 7.85. The van der Waals surface area contributed by atoms with E-state index in [4.69, 9.17) is 4.74 Å². The number of anilines is 2. The van der Waals surface area contributed by atoms with E-state index in [2.05, 4.69) is 27.4 Å². The number of likely N-dealkylation sites (tertiary alicyclic amines) is 1. The van der Waals surface area contributed by atoms with Crippen molar-refractivity contribution >= 4 is 23.5 Å². The number of fused-ring (bicyclic) bond motifs is 1. The fraction of sp³-hybridized carbons (Fsp3) is 0.391. The van der Waals surface area contributed by atoms with E-state index in [1.807, 2.05) is 44.2 Å². The number of aromatic nitrogens is 2. The van der Waals surface area contributed by atoms with Crippen molar-refractivity contribution in [1.29, 1.82) is 0 Å². The molecule has 1 aromatic heterocycles. The molecule has 1 fully saturated rings. The third-order valence-corrected chi connectivity index (χ3v) is 5.88. The molecule has 0 spiro atoms. The minimum absolute atomic E-state index is 0.0768. The van der Waals surface area contributed by atoms with Gasteiger partial charge in [-0.1, -0.05) is 37.3 Å². The molecule has 1 saturated heterocycles. The maximum Gasteiger partial charge on any atom is 0.309 e. The first kappa shape index (κ1) is 20.1. The van der Waals surface area contributed by atoms with E-state index in [9.17, 15) is 9.59 Å². The van der Waals surface area contributed by atoms with Gasteiger partial charge in [-0.25, -0.2) is 9.97 Å². The van der Waals surface area contributed by atoms with Gasteiger partial charge in [-0.05, 0) is 36.8 Å². The Morgan fingerprint density at radius 1 is 1.13 bits per heavy atom. The molecule has 1 aliphatic heterocycles. The van der Waals surface area contributed by atoms with Gasteiger partial charge in [0.2, 0.25) is 5.95 Å². The Labute approximate surface area is 176 Å². The third-order valence-electron chi connectivity index (χ3n) is 5.88. The van der Waals surface area contributed by atoms with Gasteiger partial charge in [0, 0.05) is 31.2 Å². The first-order chi connectivity index (χ1) is 14.6. The highest BCUT2D eigenvalue weighted by Gasteiger charge is 2.46. The number of carbonyl (C=O) groups excluding carboxylic acids is 2. The van der Waals surface area contributed by atoms with Crippen LogP contribution in [-0.4, -0.2) is 46.4 Å². The van der Waals surface area contributed by atoms with Crippen LogP contribution in [0.5, 0.6) is 0 Å². The molecule has 2 heterocycles. The summed E-state index contributed by atoms with van der Waals surface area (Å²) in [5, 5.41) is 3.11. The van der Waals surface area contributed by atoms with Gasteiger partial charge in [-0.15, -0.1) is 0 Å². The zero-order valence-electron chi connectivity index (χ0n) is 17.2. The van der Waals surface area contributed by atoms with Crippen LogP contribution in [-0.2, 0) is 9.53 Å². The van der Waals surface area contributed by atoms with Gasteiger partial charge in [-0.2, -0.15) is 0 Å². The average molecular weight is 406 g/mol. The highest BCUT2D eigenvalue weighted by molar-refractivity contribution is 5.94. The predicted molar refractivity (Wildman–Crippen MR) is 113 cm³/mol. The Morgan fingerprint density at radius 3 is 2.57 bits per heavy atom. The van der Waals surface area contributed by atoms with Crippen LogP contribution in [0.4, 0.5) is 11.6 Å². The lowest BCUT2D eigenvalue weighted by molar-refractivity contribution is -0.152. The molecule has 4 atom stereocenters. The summed E-state index contributed by atoms with van der Waals surface area (Å²) in [7, 11) is 0. The number of rotatable bonds is 5. The van der Waals surface area contributed by atoms with Crippen LogP contribution < -0.4 is 5.32 Å². The first-order valence-electron chi connectivity index (χ1n) is 10.3. The van der Waals surface area contributed by atoms with Gasteiger partial charge < -0.3 is 15.0 Å². The van der Waals surface area contributed by atoms with Crippen molar-refractivity contribution in [3.8, 4) is 0 Å². The molecule has 0 saturated carbocycles. The van der Waals surface area contributed by atoms with E-state index in [1.54, 1.807) is 17.3 Å². The summed E-state index contributed by atoms with van der Waals surface area (Å²) in [5.74, 6) is 0.288. The number of nitrogens with one attached hydrogen (secondary N) is 1. The van der Waals surface area contributed by atoms with Gasteiger partial charge in [-0.3, -0.25) is 9.59 Å². The Morgan fingerprint density at radius 2 is 1.87 bits per heavy atom. The summed E-state index contributed by atoms with van der Waals surface area (Å²) >= 11 is 0. The Hall–Kier alpha value is -3.22. The lowest BCUT2D eigenvalue weighted by Crippen LogP contribution is -2.37. The molecule has 4 rings (SSSR count). The van der Waals surface area contributed by atoms with Gasteiger partial charge in [0.25, 0.3) is 5.91 Å². The summed E-state index contributed by atoms with van der Waals surface area (Å²) in [6, 6.07) is 9.62. The van der Waals surface area contributed by atoms with E-state index in [0.717, 1.165) is 5.69 Å². The van der Waals surface area contributed by atoms with Crippen molar-refractivity contribution in [1.82, 2.24) is 14.9 Å². The highest BCUT2D eigenvalue weighted by atomic mass is 16.5. The molecule has 156 valence electrons. The van der Waals surface area contributed by atoms with Crippen LogP contribution in [0.1, 0.15) is 24.2 Å². The number of para-hydroxylation sites is 1.